The fourth-order valence-electron chi connectivity index (χ4n) is 1.85. The zero-order valence-electron chi connectivity index (χ0n) is 10.6. The minimum absolute atomic E-state index is 0.236. The third-order valence-electron chi connectivity index (χ3n) is 2.79. The molecule has 0 aliphatic heterocycles. The highest BCUT2D eigenvalue weighted by molar-refractivity contribution is 5.94. The fourth-order valence-corrected chi connectivity index (χ4v) is 1.85. The highest BCUT2D eigenvalue weighted by Gasteiger charge is 2.30. The Balaban J connectivity index is 2.33. The van der Waals surface area contributed by atoms with Gasteiger partial charge in [0.1, 0.15) is 0 Å². The second-order valence-corrected chi connectivity index (χ2v) is 4.14. The molecule has 0 spiro atoms. The first kappa shape index (κ1) is 13.6. The van der Waals surface area contributed by atoms with Crippen LogP contribution in [0.1, 0.15) is 22.2 Å². The Morgan fingerprint density at radius 1 is 1.30 bits per heavy atom. The Labute approximate surface area is 113 Å². The molecule has 0 bridgehead atoms. The smallest absolute Gasteiger partial charge is 0.331 e. The van der Waals surface area contributed by atoms with Gasteiger partial charge in [-0.3, -0.25) is 9.59 Å². The molecule has 0 fully saturated rings. The molecule has 7 heteroatoms. The van der Waals surface area contributed by atoms with E-state index in [2.05, 4.69) is 0 Å². The summed E-state index contributed by atoms with van der Waals surface area (Å²) < 4.78 is 4.69. The van der Waals surface area contributed by atoms with Gasteiger partial charge in [0.15, 0.2) is 6.04 Å². The van der Waals surface area contributed by atoms with Gasteiger partial charge in [-0.1, -0.05) is 30.3 Å². The van der Waals surface area contributed by atoms with Crippen LogP contribution in [-0.2, 0) is 4.79 Å². The number of rotatable bonds is 4. The van der Waals surface area contributed by atoms with E-state index in [0.717, 1.165) is 11.0 Å². The van der Waals surface area contributed by atoms with E-state index in [4.69, 9.17) is 4.52 Å². The second kappa shape index (κ2) is 5.43. The van der Waals surface area contributed by atoms with Gasteiger partial charge in [-0.25, -0.2) is 4.79 Å². The van der Waals surface area contributed by atoms with Crippen LogP contribution < -0.4 is 5.56 Å². The van der Waals surface area contributed by atoms with Crippen molar-refractivity contribution in [2.24, 2.45) is 0 Å². The number of carbonyl (C=O) groups is 2. The van der Waals surface area contributed by atoms with Crippen molar-refractivity contribution in [2.75, 3.05) is 7.05 Å². The second-order valence-electron chi connectivity index (χ2n) is 4.14. The van der Waals surface area contributed by atoms with Gasteiger partial charge in [0.2, 0.25) is 5.76 Å². The quantitative estimate of drug-likeness (QED) is 0.862. The SMILES string of the molecule is CN(C(=O)c1cc(=O)[nH]o1)[C@H](C(=O)O)c1ccccc1. The lowest BCUT2D eigenvalue weighted by Crippen LogP contribution is -2.35. The minimum Gasteiger partial charge on any atom is -0.479 e. The fraction of sp³-hybridized carbons (Fsp3) is 0.154. The highest BCUT2D eigenvalue weighted by atomic mass is 16.5. The van der Waals surface area contributed by atoms with Crippen molar-refractivity contribution < 1.29 is 19.2 Å². The minimum atomic E-state index is -1.18. The molecule has 0 saturated heterocycles. The van der Waals surface area contributed by atoms with Gasteiger partial charge in [0.05, 0.1) is 6.07 Å². The molecule has 2 aromatic rings. The Kier molecular flexibility index (Phi) is 3.69. The Hall–Kier alpha value is -2.83. The summed E-state index contributed by atoms with van der Waals surface area (Å²) in [5, 5.41) is 11.3. The van der Waals surface area contributed by atoms with Crippen LogP contribution in [0.3, 0.4) is 0 Å². The lowest BCUT2D eigenvalue weighted by Gasteiger charge is -2.24. The molecule has 2 N–H and O–H groups in total. The predicted octanol–water partition coefficient (Wildman–Crippen LogP) is 0.866. The molecular formula is C13H12N2O5. The van der Waals surface area contributed by atoms with Crippen molar-refractivity contribution in [2.45, 2.75) is 6.04 Å². The molecule has 1 aromatic carbocycles. The van der Waals surface area contributed by atoms with Crippen LogP contribution in [0.2, 0.25) is 0 Å². The highest BCUT2D eigenvalue weighted by Crippen LogP contribution is 2.21. The molecule has 0 unspecified atom stereocenters. The molecule has 20 heavy (non-hydrogen) atoms. The first-order valence-corrected chi connectivity index (χ1v) is 5.74. The number of amides is 1. The normalized spacial score (nSPS) is 11.8. The van der Waals surface area contributed by atoms with Crippen LogP contribution in [-0.4, -0.2) is 34.1 Å². The van der Waals surface area contributed by atoms with Crippen LogP contribution in [0.25, 0.3) is 0 Å². The maximum atomic E-state index is 12.1. The van der Waals surface area contributed by atoms with Gasteiger partial charge in [0, 0.05) is 7.05 Å². The van der Waals surface area contributed by atoms with Crippen molar-refractivity contribution in [1.29, 1.82) is 0 Å². The number of hydrogen-bond donors (Lipinski definition) is 2. The van der Waals surface area contributed by atoms with Gasteiger partial charge in [-0.05, 0) is 5.56 Å². The lowest BCUT2D eigenvalue weighted by atomic mass is 10.1. The standard InChI is InChI=1S/C13H12N2O5/c1-15(12(17)9-7-10(16)14-20-9)11(13(18)19)8-5-3-2-4-6-8/h2-7,11H,1H3,(H,14,16)(H,18,19)/t11-/m0/s1. The number of carbonyl (C=O) groups excluding carboxylic acids is 1. The van der Waals surface area contributed by atoms with E-state index >= 15 is 0 Å². The molecule has 1 amide bonds. The van der Waals surface area contributed by atoms with Crippen LogP contribution in [0.15, 0.2) is 45.7 Å². The third kappa shape index (κ3) is 2.61. The van der Waals surface area contributed by atoms with E-state index in [1.54, 1.807) is 30.3 Å². The number of H-pyrrole nitrogens is 1. The van der Waals surface area contributed by atoms with E-state index in [1.807, 2.05) is 5.16 Å². The largest absolute Gasteiger partial charge is 0.479 e. The molecule has 1 atom stereocenters. The van der Waals surface area contributed by atoms with Crippen molar-refractivity contribution >= 4 is 11.9 Å². The van der Waals surface area contributed by atoms with E-state index < -0.39 is 23.5 Å². The third-order valence-corrected chi connectivity index (χ3v) is 2.79. The topological polar surface area (TPSA) is 104 Å². The number of hydrogen-bond acceptors (Lipinski definition) is 4. The van der Waals surface area contributed by atoms with E-state index in [-0.39, 0.29) is 5.76 Å². The molecule has 7 nitrogen and oxygen atoms in total. The molecule has 2 rings (SSSR count). The van der Waals surface area contributed by atoms with Crippen molar-refractivity contribution in [1.82, 2.24) is 10.1 Å². The van der Waals surface area contributed by atoms with Crippen LogP contribution in [0.5, 0.6) is 0 Å². The number of nitrogens with one attached hydrogen (secondary N) is 1. The van der Waals surface area contributed by atoms with Crippen molar-refractivity contribution in [3.63, 3.8) is 0 Å². The summed E-state index contributed by atoms with van der Waals surface area (Å²) in [6.45, 7) is 0. The molecule has 104 valence electrons. The predicted molar refractivity (Wildman–Crippen MR) is 68.2 cm³/mol. The molecule has 0 saturated carbocycles. The number of carboxylic acids is 1. The van der Waals surface area contributed by atoms with E-state index in [1.165, 1.54) is 7.05 Å². The molecule has 1 aromatic heterocycles. The molecular weight excluding hydrogens is 264 g/mol. The number of aromatic amines is 1. The average molecular weight is 276 g/mol. The average Bonchev–Trinajstić information content (AvgIpc) is 2.85. The summed E-state index contributed by atoms with van der Waals surface area (Å²) in [7, 11) is 1.33. The summed E-state index contributed by atoms with van der Waals surface area (Å²) in [6.07, 6.45) is 0. The molecule has 1 heterocycles. The molecule has 0 radical (unpaired) electrons. The number of aromatic nitrogens is 1. The number of likely N-dealkylation sites (N-methyl/N-ethyl adjacent to an activating group) is 1. The Bertz CT molecular complexity index is 673. The summed E-state index contributed by atoms with van der Waals surface area (Å²) in [5.41, 5.74) is -0.109. The van der Waals surface area contributed by atoms with E-state index in [9.17, 15) is 19.5 Å². The van der Waals surface area contributed by atoms with Gasteiger partial charge < -0.3 is 14.5 Å². The van der Waals surface area contributed by atoms with Crippen molar-refractivity contribution in [3.05, 3.63) is 58.1 Å². The zero-order chi connectivity index (χ0) is 14.7. The van der Waals surface area contributed by atoms with Crippen molar-refractivity contribution in [3.8, 4) is 0 Å². The summed E-state index contributed by atoms with van der Waals surface area (Å²) in [5.74, 6) is -2.11. The van der Waals surface area contributed by atoms with Gasteiger partial charge in [0.25, 0.3) is 11.5 Å². The maximum absolute atomic E-state index is 12.1. The summed E-state index contributed by atoms with van der Waals surface area (Å²) >= 11 is 0. The van der Waals surface area contributed by atoms with Crippen LogP contribution in [0, 0.1) is 0 Å². The Morgan fingerprint density at radius 2 is 1.95 bits per heavy atom. The first-order valence-electron chi connectivity index (χ1n) is 5.74. The molecule has 0 aliphatic carbocycles. The number of nitrogens with zero attached hydrogens (tertiary/aromatic N) is 1. The monoisotopic (exact) mass is 276 g/mol. The maximum Gasteiger partial charge on any atom is 0.331 e. The Morgan fingerprint density at radius 3 is 2.45 bits per heavy atom. The first-order chi connectivity index (χ1) is 9.50. The number of carboxylic acid groups (broad SMARTS) is 1. The van der Waals surface area contributed by atoms with Gasteiger partial charge in [-0.2, -0.15) is 5.16 Å². The van der Waals surface area contributed by atoms with Crippen LogP contribution >= 0.6 is 0 Å². The lowest BCUT2D eigenvalue weighted by molar-refractivity contribution is -0.142. The summed E-state index contributed by atoms with van der Waals surface area (Å²) in [4.78, 5) is 35.4. The van der Waals surface area contributed by atoms with Crippen LogP contribution in [0.4, 0.5) is 0 Å². The summed E-state index contributed by atoms with van der Waals surface area (Å²) in [6, 6.07) is 8.13. The molecule has 0 aliphatic rings. The zero-order valence-corrected chi connectivity index (χ0v) is 10.6. The number of aliphatic carboxylic acids is 1. The number of benzene rings is 1. The van der Waals surface area contributed by atoms with Gasteiger partial charge in [-0.15, -0.1) is 0 Å². The van der Waals surface area contributed by atoms with Gasteiger partial charge >= 0.3 is 5.97 Å². The van der Waals surface area contributed by atoms with E-state index in [0.29, 0.717) is 5.56 Å².